The Hall–Kier alpha value is -1.95. The first kappa shape index (κ1) is 19.4. The number of rotatable bonds is 4. The number of ether oxygens (including phenoxy) is 1. The molecule has 2 aromatic carbocycles. The lowest BCUT2D eigenvalue weighted by atomic mass is 9.76. The minimum atomic E-state index is -0.951. The van der Waals surface area contributed by atoms with Crippen molar-refractivity contribution in [2.75, 3.05) is 20.2 Å². The molecule has 3 unspecified atom stereocenters. The van der Waals surface area contributed by atoms with Crippen molar-refractivity contribution in [3.05, 3.63) is 65.0 Å². The fourth-order valence-corrected chi connectivity index (χ4v) is 5.00. The Morgan fingerprint density at radius 1 is 1.14 bits per heavy atom. The zero-order chi connectivity index (χ0) is 19.9. The lowest BCUT2D eigenvalue weighted by Crippen LogP contribution is -2.45. The number of halogens is 1. The van der Waals surface area contributed by atoms with Crippen LogP contribution in [-0.4, -0.2) is 41.5 Å². The van der Waals surface area contributed by atoms with Crippen molar-refractivity contribution in [3.63, 3.8) is 0 Å². The highest BCUT2D eigenvalue weighted by atomic mass is 19.1. The van der Waals surface area contributed by atoms with E-state index >= 15 is 0 Å². The second-order valence-corrected chi connectivity index (χ2v) is 8.13. The van der Waals surface area contributed by atoms with Crippen molar-refractivity contribution in [1.82, 2.24) is 4.90 Å². The number of aliphatic hydroxyl groups is 2. The van der Waals surface area contributed by atoms with Crippen LogP contribution in [0.25, 0.3) is 0 Å². The van der Waals surface area contributed by atoms with Crippen molar-refractivity contribution in [3.8, 4) is 5.75 Å². The molecule has 0 bridgehead atoms. The Morgan fingerprint density at radius 2 is 1.82 bits per heavy atom. The van der Waals surface area contributed by atoms with Crippen LogP contribution in [0.3, 0.4) is 0 Å². The lowest BCUT2D eigenvalue weighted by molar-refractivity contribution is -0.0725. The van der Waals surface area contributed by atoms with Gasteiger partial charge in [0.25, 0.3) is 0 Å². The molecule has 2 aliphatic rings. The van der Waals surface area contributed by atoms with E-state index in [0.29, 0.717) is 6.42 Å². The van der Waals surface area contributed by atoms with E-state index in [0.717, 1.165) is 48.4 Å². The smallest absolute Gasteiger partial charge is 0.123 e. The molecule has 2 aromatic rings. The van der Waals surface area contributed by atoms with Crippen LogP contribution in [0.4, 0.5) is 4.39 Å². The quantitative estimate of drug-likeness (QED) is 0.844. The molecule has 28 heavy (non-hydrogen) atoms. The maximum Gasteiger partial charge on any atom is 0.123 e. The third kappa shape index (κ3) is 3.32. The van der Waals surface area contributed by atoms with Crippen LogP contribution < -0.4 is 4.74 Å². The molecule has 150 valence electrons. The van der Waals surface area contributed by atoms with Gasteiger partial charge in [0.15, 0.2) is 0 Å². The molecule has 3 atom stereocenters. The summed E-state index contributed by atoms with van der Waals surface area (Å²) in [6, 6.07) is 12.5. The molecule has 4 rings (SSSR count). The first-order chi connectivity index (χ1) is 13.4. The van der Waals surface area contributed by atoms with Gasteiger partial charge in [-0.3, -0.25) is 4.90 Å². The van der Waals surface area contributed by atoms with Crippen LogP contribution in [0.1, 0.15) is 48.8 Å². The Bertz CT molecular complexity index is 830. The highest BCUT2D eigenvalue weighted by molar-refractivity contribution is 5.50. The molecule has 0 spiro atoms. The molecular weight excluding hydrogens is 357 g/mol. The first-order valence-electron chi connectivity index (χ1n) is 10.0. The Labute approximate surface area is 165 Å². The third-order valence-corrected chi connectivity index (χ3v) is 6.62. The van der Waals surface area contributed by atoms with Gasteiger partial charge in [0.2, 0.25) is 0 Å². The van der Waals surface area contributed by atoms with Crippen LogP contribution in [0.5, 0.6) is 5.75 Å². The zero-order valence-corrected chi connectivity index (χ0v) is 16.4. The fourth-order valence-electron chi connectivity index (χ4n) is 5.00. The number of benzene rings is 2. The summed E-state index contributed by atoms with van der Waals surface area (Å²) in [5.41, 5.74) is 2.09. The van der Waals surface area contributed by atoms with Crippen molar-refractivity contribution in [2.45, 2.75) is 43.9 Å². The normalized spacial score (nSPS) is 26.8. The Kier molecular flexibility index (Phi) is 5.17. The maximum atomic E-state index is 13.4. The number of nitrogens with zero attached hydrogens (tertiary/aromatic N) is 1. The van der Waals surface area contributed by atoms with Crippen LogP contribution in [-0.2, 0) is 5.60 Å². The molecule has 1 aliphatic heterocycles. The van der Waals surface area contributed by atoms with E-state index in [4.69, 9.17) is 4.74 Å². The van der Waals surface area contributed by atoms with E-state index in [9.17, 15) is 14.6 Å². The van der Waals surface area contributed by atoms with Crippen molar-refractivity contribution in [2.24, 2.45) is 5.92 Å². The Morgan fingerprint density at radius 3 is 2.43 bits per heavy atom. The highest BCUT2D eigenvalue weighted by Gasteiger charge is 2.49. The summed E-state index contributed by atoms with van der Waals surface area (Å²) in [6.07, 6.45) is 1.78. The molecule has 0 radical (unpaired) electrons. The van der Waals surface area contributed by atoms with Gasteiger partial charge in [-0.05, 0) is 73.1 Å². The van der Waals surface area contributed by atoms with Gasteiger partial charge in [-0.15, -0.1) is 0 Å². The summed E-state index contributed by atoms with van der Waals surface area (Å²) in [5, 5.41) is 21.7. The SMILES string of the molecule is COc1ccc2c(c1)C(O)(C1CCN(C(C)O)CC1)CC2c1ccc(F)cc1. The van der Waals surface area contributed by atoms with Gasteiger partial charge in [0, 0.05) is 19.0 Å². The van der Waals surface area contributed by atoms with Gasteiger partial charge in [0.05, 0.1) is 12.7 Å². The zero-order valence-electron chi connectivity index (χ0n) is 16.4. The van der Waals surface area contributed by atoms with E-state index in [2.05, 4.69) is 0 Å². The maximum absolute atomic E-state index is 13.4. The monoisotopic (exact) mass is 385 g/mol. The molecule has 0 saturated carbocycles. The first-order valence-corrected chi connectivity index (χ1v) is 10.0. The van der Waals surface area contributed by atoms with Crippen molar-refractivity contribution >= 4 is 0 Å². The Balaban J connectivity index is 1.69. The largest absolute Gasteiger partial charge is 0.497 e. The molecule has 1 heterocycles. The number of fused-ring (bicyclic) bond motifs is 1. The summed E-state index contributed by atoms with van der Waals surface area (Å²) < 4.78 is 18.8. The van der Waals surface area contributed by atoms with Crippen LogP contribution in [0.2, 0.25) is 0 Å². The average molecular weight is 385 g/mol. The van der Waals surface area contributed by atoms with Gasteiger partial charge in [-0.2, -0.15) is 0 Å². The van der Waals surface area contributed by atoms with Crippen LogP contribution in [0, 0.1) is 11.7 Å². The molecule has 1 saturated heterocycles. The lowest BCUT2D eigenvalue weighted by Gasteiger charge is -2.41. The molecular formula is C23H28FNO3. The molecule has 0 aromatic heterocycles. The topological polar surface area (TPSA) is 52.9 Å². The number of likely N-dealkylation sites (tertiary alicyclic amines) is 1. The predicted molar refractivity (Wildman–Crippen MR) is 106 cm³/mol. The van der Waals surface area contributed by atoms with Gasteiger partial charge in [0.1, 0.15) is 17.8 Å². The van der Waals surface area contributed by atoms with Crippen molar-refractivity contribution < 1.29 is 19.3 Å². The van der Waals surface area contributed by atoms with Gasteiger partial charge in [-0.1, -0.05) is 18.2 Å². The second-order valence-electron chi connectivity index (χ2n) is 8.13. The molecule has 5 heteroatoms. The van der Waals surface area contributed by atoms with E-state index in [-0.39, 0.29) is 17.7 Å². The molecule has 2 N–H and O–H groups in total. The number of hydrogen-bond donors (Lipinski definition) is 2. The summed E-state index contributed by atoms with van der Waals surface area (Å²) >= 11 is 0. The number of piperidine rings is 1. The minimum Gasteiger partial charge on any atom is -0.497 e. The standard InChI is InChI=1S/C23H28FNO3/c1-15(26)25-11-9-17(10-12-25)23(27)14-21(16-3-5-18(24)6-4-16)20-8-7-19(28-2)13-22(20)23/h3-8,13,15,17,21,26-27H,9-12,14H2,1-2H3. The number of aliphatic hydroxyl groups excluding tert-OH is 1. The fraction of sp³-hybridized carbons (Fsp3) is 0.478. The average Bonchev–Trinajstić information content (AvgIpc) is 3.02. The van der Waals surface area contributed by atoms with E-state index in [1.807, 2.05) is 35.2 Å². The highest BCUT2D eigenvalue weighted by Crippen LogP contribution is 2.54. The van der Waals surface area contributed by atoms with Crippen LogP contribution >= 0.6 is 0 Å². The molecule has 0 amide bonds. The second kappa shape index (κ2) is 7.47. The number of methoxy groups -OCH3 is 1. The summed E-state index contributed by atoms with van der Waals surface area (Å²) in [6.45, 7) is 3.33. The van der Waals surface area contributed by atoms with Gasteiger partial charge >= 0.3 is 0 Å². The predicted octanol–water partition coefficient (Wildman–Crippen LogP) is 3.61. The minimum absolute atomic E-state index is 0.0290. The summed E-state index contributed by atoms with van der Waals surface area (Å²) in [4.78, 5) is 2.04. The molecule has 1 fully saturated rings. The van der Waals surface area contributed by atoms with E-state index < -0.39 is 11.8 Å². The summed E-state index contributed by atoms with van der Waals surface area (Å²) in [7, 11) is 1.63. The molecule has 4 nitrogen and oxygen atoms in total. The van der Waals surface area contributed by atoms with Crippen LogP contribution in [0.15, 0.2) is 42.5 Å². The molecule has 1 aliphatic carbocycles. The van der Waals surface area contributed by atoms with E-state index in [1.54, 1.807) is 14.0 Å². The summed E-state index contributed by atoms with van der Waals surface area (Å²) in [5.74, 6) is 0.621. The van der Waals surface area contributed by atoms with Crippen molar-refractivity contribution in [1.29, 1.82) is 0 Å². The van der Waals surface area contributed by atoms with E-state index in [1.165, 1.54) is 12.1 Å². The van der Waals surface area contributed by atoms with Gasteiger partial charge < -0.3 is 14.9 Å². The van der Waals surface area contributed by atoms with Gasteiger partial charge in [-0.25, -0.2) is 4.39 Å². The third-order valence-electron chi connectivity index (χ3n) is 6.62. The number of hydrogen-bond acceptors (Lipinski definition) is 4.